The highest BCUT2D eigenvalue weighted by Gasteiger charge is 2.31. The van der Waals surface area contributed by atoms with E-state index in [1.54, 1.807) is 30.3 Å². The molecule has 242 valence electrons. The minimum absolute atomic E-state index is 0. The van der Waals surface area contributed by atoms with E-state index >= 15 is 0 Å². The molecule has 0 radical (unpaired) electrons. The second-order valence-electron chi connectivity index (χ2n) is 10.8. The highest BCUT2D eigenvalue weighted by atomic mass is 35.5. The van der Waals surface area contributed by atoms with E-state index in [1.165, 1.54) is 0 Å². The van der Waals surface area contributed by atoms with Crippen LogP contribution in [0.25, 0.3) is 0 Å². The van der Waals surface area contributed by atoms with Gasteiger partial charge < -0.3 is 25.8 Å². The summed E-state index contributed by atoms with van der Waals surface area (Å²) in [5.74, 6) is -2.96. The maximum Gasteiger partial charge on any atom is 0.408 e. The number of carbonyl (C=O) groups excluding carboxylic acids is 2. The van der Waals surface area contributed by atoms with Gasteiger partial charge in [0.05, 0.1) is 23.7 Å². The normalized spacial score (nSPS) is 13.5. The summed E-state index contributed by atoms with van der Waals surface area (Å²) in [4.78, 5) is 26.0. The molecule has 0 saturated heterocycles. The smallest absolute Gasteiger partial charge is 0.408 e. The first-order valence-corrected chi connectivity index (χ1v) is 16.0. The van der Waals surface area contributed by atoms with Crippen LogP contribution in [-0.2, 0) is 32.4 Å². The van der Waals surface area contributed by atoms with Gasteiger partial charge in [0.1, 0.15) is 24.3 Å². The molecular formula is C30H44ClF2N3O6S. The molecule has 0 spiro atoms. The van der Waals surface area contributed by atoms with Crippen LogP contribution in [0.3, 0.4) is 0 Å². The Morgan fingerprint density at radius 1 is 1.00 bits per heavy atom. The molecular weight excluding hydrogens is 604 g/mol. The maximum absolute atomic E-state index is 13.9. The Morgan fingerprint density at radius 2 is 1.65 bits per heavy atom. The molecule has 0 aliphatic heterocycles. The third kappa shape index (κ3) is 15.5. The summed E-state index contributed by atoms with van der Waals surface area (Å²) in [6.07, 6.45) is -0.513. The van der Waals surface area contributed by atoms with Crippen LogP contribution in [0.2, 0.25) is 0 Å². The largest absolute Gasteiger partial charge is 0.445 e. The van der Waals surface area contributed by atoms with Gasteiger partial charge in [0.15, 0.2) is 9.84 Å². The number of alkyl carbamates (subject to hydrolysis) is 1. The molecule has 4 N–H and O–H groups in total. The Hall–Kier alpha value is -2.80. The Balaban J connectivity index is 0.00000924. The molecule has 0 saturated carbocycles. The summed E-state index contributed by atoms with van der Waals surface area (Å²) in [6, 6.07) is 9.10. The number of nitrogens with one attached hydrogen (secondary N) is 3. The van der Waals surface area contributed by atoms with Crippen LogP contribution in [0.5, 0.6) is 0 Å². The molecule has 13 heteroatoms. The number of hydrogen-bond acceptors (Lipinski definition) is 7. The van der Waals surface area contributed by atoms with Crippen LogP contribution in [0.15, 0.2) is 48.5 Å². The summed E-state index contributed by atoms with van der Waals surface area (Å²) in [6.45, 7) is 6.48. The van der Waals surface area contributed by atoms with Crippen molar-refractivity contribution in [1.82, 2.24) is 16.0 Å². The van der Waals surface area contributed by atoms with Crippen molar-refractivity contribution in [3.05, 3.63) is 71.3 Å². The lowest BCUT2D eigenvalue weighted by Gasteiger charge is -2.27. The van der Waals surface area contributed by atoms with Gasteiger partial charge in [-0.3, -0.25) is 4.79 Å². The SMILES string of the molecule is CCCCS(=O)(=O)C[C@@H](NC(=O)OCc1ccccc1)C(=O)N[C@@H](Cc1cc(F)cc(F)c1)[C@H](O)CNCCC(C)C.Cl. The number of carbonyl (C=O) groups is 2. The third-order valence-electron chi connectivity index (χ3n) is 6.47. The lowest BCUT2D eigenvalue weighted by molar-refractivity contribution is -0.124. The van der Waals surface area contributed by atoms with Gasteiger partial charge in [-0.2, -0.15) is 0 Å². The quantitative estimate of drug-likeness (QED) is 0.180. The van der Waals surface area contributed by atoms with Crippen molar-refractivity contribution in [3.63, 3.8) is 0 Å². The van der Waals surface area contributed by atoms with Gasteiger partial charge in [-0.05, 0) is 55.0 Å². The van der Waals surface area contributed by atoms with Gasteiger partial charge in [-0.25, -0.2) is 22.0 Å². The van der Waals surface area contributed by atoms with Crippen molar-refractivity contribution in [2.45, 2.75) is 71.2 Å². The highest BCUT2D eigenvalue weighted by molar-refractivity contribution is 7.91. The fourth-order valence-electron chi connectivity index (χ4n) is 4.12. The van der Waals surface area contributed by atoms with E-state index < -0.39 is 57.4 Å². The van der Waals surface area contributed by atoms with E-state index in [-0.39, 0.29) is 43.3 Å². The monoisotopic (exact) mass is 647 g/mol. The van der Waals surface area contributed by atoms with Crippen molar-refractivity contribution in [2.24, 2.45) is 5.92 Å². The topological polar surface area (TPSA) is 134 Å². The van der Waals surface area contributed by atoms with Crippen molar-refractivity contribution < 1.29 is 36.6 Å². The first-order chi connectivity index (χ1) is 19.9. The minimum Gasteiger partial charge on any atom is -0.445 e. The number of halogens is 3. The molecule has 43 heavy (non-hydrogen) atoms. The van der Waals surface area contributed by atoms with Gasteiger partial charge in [0.2, 0.25) is 5.91 Å². The van der Waals surface area contributed by atoms with Gasteiger partial charge in [-0.15, -0.1) is 12.4 Å². The van der Waals surface area contributed by atoms with E-state index in [1.807, 2.05) is 20.8 Å². The summed E-state index contributed by atoms with van der Waals surface area (Å²) < 4.78 is 58.5. The number of sulfone groups is 1. The van der Waals surface area contributed by atoms with Gasteiger partial charge in [-0.1, -0.05) is 57.5 Å². The van der Waals surface area contributed by atoms with Crippen LogP contribution in [0.4, 0.5) is 13.6 Å². The second-order valence-corrected chi connectivity index (χ2v) is 13.0. The molecule has 9 nitrogen and oxygen atoms in total. The van der Waals surface area contributed by atoms with Crippen molar-refractivity contribution in [2.75, 3.05) is 24.6 Å². The zero-order valence-corrected chi connectivity index (χ0v) is 26.5. The number of benzene rings is 2. The van der Waals surface area contributed by atoms with E-state index in [9.17, 15) is 31.9 Å². The molecule has 2 aromatic carbocycles. The number of amides is 2. The van der Waals surface area contributed by atoms with Crippen LogP contribution >= 0.6 is 12.4 Å². The van der Waals surface area contributed by atoms with E-state index in [4.69, 9.17) is 4.74 Å². The Morgan fingerprint density at radius 3 is 2.26 bits per heavy atom. The Bertz CT molecular complexity index is 1220. The average molecular weight is 648 g/mol. The highest BCUT2D eigenvalue weighted by Crippen LogP contribution is 2.13. The average Bonchev–Trinajstić information content (AvgIpc) is 2.92. The zero-order chi connectivity index (χ0) is 31.1. The molecule has 3 atom stereocenters. The van der Waals surface area contributed by atoms with Crippen LogP contribution in [-0.4, -0.2) is 68.3 Å². The van der Waals surface area contributed by atoms with Gasteiger partial charge in [0, 0.05) is 12.6 Å². The second kappa shape index (κ2) is 19.5. The van der Waals surface area contributed by atoms with Crippen molar-refractivity contribution in [3.8, 4) is 0 Å². The Kier molecular flexibility index (Phi) is 17.3. The summed E-state index contributed by atoms with van der Waals surface area (Å²) in [5.41, 5.74) is 0.876. The molecule has 2 amide bonds. The summed E-state index contributed by atoms with van der Waals surface area (Å²) in [7, 11) is -3.76. The Labute approximate surface area is 259 Å². The molecule has 2 rings (SSSR count). The van der Waals surface area contributed by atoms with E-state index in [2.05, 4.69) is 16.0 Å². The number of rotatable bonds is 18. The van der Waals surface area contributed by atoms with Crippen molar-refractivity contribution in [1.29, 1.82) is 0 Å². The van der Waals surface area contributed by atoms with E-state index in [0.717, 1.165) is 18.6 Å². The fraction of sp³-hybridized carbons (Fsp3) is 0.533. The van der Waals surface area contributed by atoms with E-state index in [0.29, 0.717) is 36.9 Å². The standard InChI is InChI=1S/C30H43F2N3O6S.ClH/c1-4-5-13-42(39,40)20-27(35-30(38)41-19-22-9-7-6-8-10-22)29(37)34-26(28(36)18-33-12-11-21(2)3)16-23-14-24(31)17-25(32)15-23;/h6-10,14-15,17,21,26-28,33,36H,4-5,11-13,16,18-20H2,1-3H3,(H,34,37)(H,35,38);1H/t26-,27+,28+;/m0./s1. The molecule has 0 aromatic heterocycles. The lowest BCUT2D eigenvalue weighted by Crippen LogP contribution is -2.56. The molecule has 0 heterocycles. The zero-order valence-electron chi connectivity index (χ0n) is 24.9. The minimum atomic E-state index is -3.76. The number of unbranched alkanes of at least 4 members (excludes halogenated alkanes) is 1. The maximum atomic E-state index is 13.9. The number of hydrogen-bond donors (Lipinski definition) is 4. The predicted molar refractivity (Wildman–Crippen MR) is 165 cm³/mol. The number of aliphatic hydroxyl groups excluding tert-OH is 1. The molecule has 0 aliphatic rings. The molecule has 0 unspecified atom stereocenters. The number of ether oxygens (including phenoxy) is 1. The lowest BCUT2D eigenvalue weighted by atomic mass is 10.00. The first-order valence-electron chi connectivity index (χ1n) is 14.2. The van der Waals surface area contributed by atoms with Crippen LogP contribution in [0, 0.1) is 17.6 Å². The third-order valence-corrected chi connectivity index (χ3v) is 8.22. The number of aliphatic hydroxyl groups is 1. The van der Waals surface area contributed by atoms with Crippen LogP contribution in [0.1, 0.15) is 51.2 Å². The van der Waals surface area contributed by atoms with Crippen molar-refractivity contribution >= 4 is 34.2 Å². The molecule has 0 aliphatic carbocycles. The summed E-state index contributed by atoms with van der Waals surface area (Å²) >= 11 is 0. The fourth-order valence-corrected chi connectivity index (χ4v) is 5.76. The summed E-state index contributed by atoms with van der Waals surface area (Å²) in [5, 5.41) is 19.0. The van der Waals surface area contributed by atoms with Gasteiger partial charge >= 0.3 is 6.09 Å². The molecule has 0 fully saturated rings. The molecule has 0 bridgehead atoms. The molecule has 2 aromatic rings. The van der Waals surface area contributed by atoms with Crippen LogP contribution < -0.4 is 16.0 Å². The van der Waals surface area contributed by atoms with Gasteiger partial charge in [0.25, 0.3) is 0 Å². The predicted octanol–water partition coefficient (Wildman–Crippen LogP) is 3.92. The first kappa shape index (κ1) is 38.2.